The highest BCUT2D eigenvalue weighted by Crippen LogP contribution is 2.22. The van der Waals surface area contributed by atoms with Gasteiger partial charge < -0.3 is 14.2 Å². The van der Waals surface area contributed by atoms with Crippen molar-refractivity contribution in [2.75, 3.05) is 18.1 Å². The molecule has 0 saturated carbocycles. The van der Waals surface area contributed by atoms with E-state index >= 15 is 0 Å². The van der Waals surface area contributed by atoms with E-state index < -0.39 is 12.6 Å². The van der Waals surface area contributed by atoms with E-state index in [-0.39, 0.29) is 17.5 Å². The summed E-state index contributed by atoms with van der Waals surface area (Å²) < 4.78 is 9.72. The smallest absolute Gasteiger partial charge is 0.377 e. The summed E-state index contributed by atoms with van der Waals surface area (Å²) in [6, 6.07) is 8.18. The van der Waals surface area contributed by atoms with E-state index in [0.717, 1.165) is 6.42 Å². The molecule has 0 aliphatic carbocycles. The number of rotatable bonds is 5. The molecule has 1 aromatic heterocycles. The van der Waals surface area contributed by atoms with Gasteiger partial charge in [-0.15, -0.1) is 0 Å². The number of aromatic nitrogens is 1. The van der Waals surface area contributed by atoms with Crippen LogP contribution >= 0.6 is 0 Å². The average molecular weight is 328 g/mol. The standard InChI is InChI=1S/C17H16N2O5/c1-11-8-15(24-18-11)17(22)23-10-14(20)12-4-2-5-13(9-12)19-7-3-6-16(19)21/h2,4-5,8-9H,3,6-7,10H2,1H3. The summed E-state index contributed by atoms with van der Waals surface area (Å²) in [5, 5.41) is 3.59. The van der Waals surface area contributed by atoms with Crippen molar-refractivity contribution in [1.82, 2.24) is 5.16 Å². The molecule has 1 saturated heterocycles. The van der Waals surface area contributed by atoms with E-state index in [1.807, 2.05) is 0 Å². The van der Waals surface area contributed by atoms with E-state index in [1.165, 1.54) is 6.07 Å². The van der Waals surface area contributed by atoms with Gasteiger partial charge in [-0.2, -0.15) is 0 Å². The first-order chi connectivity index (χ1) is 11.5. The Bertz CT molecular complexity index is 796. The van der Waals surface area contributed by atoms with Crippen LogP contribution in [0.15, 0.2) is 34.9 Å². The first-order valence-electron chi connectivity index (χ1n) is 7.58. The summed E-state index contributed by atoms with van der Waals surface area (Å²) in [5.41, 5.74) is 1.62. The molecule has 124 valence electrons. The van der Waals surface area contributed by atoms with Gasteiger partial charge in [0.05, 0.1) is 5.69 Å². The molecule has 3 rings (SSSR count). The van der Waals surface area contributed by atoms with Gasteiger partial charge in [0, 0.05) is 30.3 Å². The van der Waals surface area contributed by atoms with Crippen LogP contribution in [0, 0.1) is 6.92 Å². The monoisotopic (exact) mass is 328 g/mol. The lowest BCUT2D eigenvalue weighted by Crippen LogP contribution is -2.24. The summed E-state index contributed by atoms with van der Waals surface area (Å²) >= 11 is 0. The molecular formula is C17H16N2O5. The summed E-state index contributed by atoms with van der Waals surface area (Å²) in [7, 11) is 0. The van der Waals surface area contributed by atoms with Crippen LogP contribution in [0.1, 0.15) is 39.4 Å². The van der Waals surface area contributed by atoms with E-state index in [4.69, 9.17) is 9.26 Å². The minimum absolute atomic E-state index is 0.0447. The summed E-state index contributed by atoms with van der Waals surface area (Å²) in [6.45, 7) is 1.92. The van der Waals surface area contributed by atoms with Crippen molar-refractivity contribution in [3.05, 3.63) is 47.3 Å². The third-order valence-corrected chi connectivity index (χ3v) is 3.72. The lowest BCUT2D eigenvalue weighted by molar-refractivity contribution is -0.117. The Hall–Kier alpha value is -2.96. The number of carbonyl (C=O) groups excluding carboxylic acids is 3. The minimum atomic E-state index is -0.741. The number of Topliss-reactive ketones (excluding diaryl/α,β-unsaturated/α-hetero) is 1. The first kappa shape index (κ1) is 15.9. The van der Waals surface area contributed by atoms with Gasteiger partial charge in [0.25, 0.3) is 0 Å². The molecule has 2 aromatic rings. The number of hydrogen-bond donors (Lipinski definition) is 0. The maximum atomic E-state index is 12.2. The maximum absolute atomic E-state index is 12.2. The number of carbonyl (C=O) groups is 3. The molecule has 2 heterocycles. The second-order valence-corrected chi connectivity index (χ2v) is 5.53. The van der Waals surface area contributed by atoms with E-state index in [0.29, 0.717) is 29.9 Å². The lowest BCUT2D eigenvalue weighted by Gasteiger charge is -2.16. The number of ketones is 1. The number of aryl methyl sites for hydroxylation is 1. The fourth-order valence-electron chi connectivity index (χ4n) is 2.51. The quantitative estimate of drug-likeness (QED) is 0.617. The molecule has 24 heavy (non-hydrogen) atoms. The zero-order valence-corrected chi connectivity index (χ0v) is 13.2. The summed E-state index contributed by atoms with van der Waals surface area (Å²) in [5.74, 6) is -1.09. The van der Waals surface area contributed by atoms with Crippen LogP contribution in [-0.4, -0.2) is 36.0 Å². The van der Waals surface area contributed by atoms with Gasteiger partial charge in [0.1, 0.15) is 0 Å². The average Bonchev–Trinajstić information content (AvgIpc) is 3.21. The van der Waals surface area contributed by atoms with Gasteiger partial charge in [0.15, 0.2) is 12.4 Å². The highest BCUT2D eigenvalue weighted by Gasteiger charge is 2.22. The predicted molar refractivity (Wildman–Crippen MR) is 83.9 cm³/mol. The Kier molecular flexibility index (Phi) is 4.41. The number of hydrogen-bond acceptors (Lipinski definition) is 6. The number of benzene rings is 1. The fourth-order valence-corrected chi connectivity index (χ4v) is 2.51. The van der Waals surface area contributed by atoms with Crippen molar-refractivity contribution in [1.29, 1.82) is 0 Å². The number of anilines is 1. The highest BCUT2D eigenvalue weighted by atomic mass is 16.6. The molecule has 1 fully saturated rings. The van der Waals surface area contributed by atoms with Crippen molar-refractivity contribution in [3.8, 4) is 0 Å². The Morgan fingerprint density at radius 3 is 2.83 bits per heavy atom. The molecular weight excluding hydrogens is 312 g/mol. The molecule has 0 atom stereocenters. The second kappa shape index (κ2) is 6.66. The van der Waals surface area contributed by atoms with E-state index in [9.17, 15) is 14.4 Å². The third kappa shape index (κ3) is 3.34. The van der Waals surface area contributed by atoms with Crippen LogP contribution in [0.4, 0.5) is 5.69 Å². The predicted octanol–water partition coefficient (Wildman–Crippen LogP) is 2.15. The van der Waals surface area contributed by atoms with Crippen molar-refractivity contribution in [2.45, 2.75) is 19.8 Å². The van der Waals surface area contributed by atoms with Crippen molar-refractivity contribution in [3.63, 3.8) is 0 Å². The van der Waals surface area contributed by atoms with Gasteiger partial charge in [-0.3, -0.25) is 9.59 Å². The molecule has 0 radical (unpaired) electrons. The van der Waals surface area contributed by atoms with Crippen LogP contribution < -0.4 is 4.90 Å². The largest absolute Gasteiger partial charge is 0.451 e. The molecule has 0 spiro atoms. The van der Waals surface area contributed by atoms with E-state index in [1.54, 1.807) is 36.1 Å². The van der Waals surface area contributed by atoms with Gasteiger partial charge in [0.2, 0.25) is 11.7 Å². The summed E-state index contributed by atoms with van der Waals surface area (Å²) in [4.78, 5) is 37.4. The molecule has 1 aromatic carbocycles. The zero-order chi connectivity index (χ0) is 17.1. The zero-order valence-electron chi connectivity index (χ0n) is 13.2. The SMILES string of the molecule is Cc1cc(C(=O)OCC(=O)c2cccc(N3CCCC3=O)c2)on1. The molecule has 1 aliphatic heterocycles. The number of ether oxygens (including phenoxy) is 1. The van der Waals surface area contributed by atoms with Crippen molar-refractivity contribution < 1.29 is 23.6 Å². The topological polar surface area (TPSA) is 89.7 Å². The van der Waals surface area contributed by atoms with Gasteiger partial charge in [-0.25, -0.2) is 4.79 Å². The normalized spacial score (nSPS) is 14.0. The molecule has 7 nitrogen and oxygen atoms in total. The number of amides is 1. The van der Waals surface area contributed by atoms with Crippen molar-refractivity contribution in [2.24, 2.45) is 0 Å². The van der Waals surface area contributed by atoms with Crippen LogP contribution in [0.3, 0.4) is 0 Å². The molecule has 1 aliphatic rings. The van der Waals surface area contributed by atoms with Crippen LogP contribution in [0.2, 0.25) is 0 Å². The highest BCUT2D eigenvalue weighted by molar-refractivity contribution is 6.01. The number of nitrogens with zero attached hydrogens (tertiary/aromatic N) is 2. The van der Waals surface area contributed by atoms with Crippen LogP contribution in [0.25, 0.3) is 0 Å². The van der Waals surface area contributed by atoms with Crippen LogP contribution in [0.5, 0.6) is 0 Å². The Morgan fingerprint density at radius 1 is 1.33 bits per heavy atom. The van der Waals surface area contributed by atoms with Crippen molar-refractivity contribution >= 4 is 23.3 Å². The van der Waals surface area contributed by atoms with E-state index in [2.05, 4.69) is 5.16 Å². The Balaban J connectivity index is 1.65. The third-order valence-electron chi connectivity index (χ3n) is 3.72. The summed E-state index contributed by atoms with van der Waals surface area (Å²) in [6.07, 6.45) is 1.33. The molecule has 1 amide bonds. The van der Waals surface area contributed by atoms with Gasteiger partial charge >= 0.3 is 5.97 Å². The lowest BCUT2D eigenvalue weighted by atomic mass is 10.1. The molecule has 7 heteroatoms. The Morgan fingerprint density at radius 2 is 2.17 bits per heavy atom. The number of esters is 1. The molecule has 0 N–H and O–H groups in total. The second-order valence-electron chi connectivity index (χ2n) is 5.53. The van der Waals surface area contributed by atoms with Gasteiger partial charge in [-0.1, -0.05) is 17.3 Å². The fraction of sp³-hybridized carbons (Fsp3) is 0.294. The van der Waals surface area contributed by atoms with Gasteiger partial charge in [-0.05, 0) is 25.5 Å². The minimum Gasteiger partial charge on any atom is -0.451 e. The first-order valence-corrected chi connectivity index (χ1v) is 7.58. The molecule has 0 unspecified atom stereocenters. The van der Waals surface area contributed by atoms with Crippen LogP contribution in [-0.2, 0) is 9.53 Å². The Labute approximate surface area is 138 Å². The maximum Gasteiger partial charge on any atom is 0.377 e. The molecule has 0 bridgehead atoms.